The molecule has 0 saturated heterocycles. The Bertz CT molecular complexity index is 736. The van der Waals surface area contributed by atoms with E-state index >= 15 is 0 Å². The first-order valence-corrected chi connectivity index (χ1v) is 7.46. The van der Waals surface area contributed by atoms with Gasteiger partial charge in [-0.2, -0.15) is 0 Å². The fraction of sp³-hybridized carbons (Fsp3) is 0.357. The highest BCUT2D eigenvalue weighted by Gasteiger charge is 2.24. The van der Waals surface area contributed by atoms with Gasteiger partial charge in [-0.3, -0.25) is 4.79 Å². The van der Waals surface area contributed by atoms with Crippen molar-refractivity contribution in [3.05, 3.63) is 33.5 Å². The van der Waals surface area contributed by atoms with Crippen LogP contribution in [0.2, 0.25) is 0 Å². The molecule has 2 aromatic rings. The first-order chi connectivity index (χ1) is 10.2. The molecule has 0 fully saturated rings. The zero-order valence-corrected chi connectivity index (χ0v) is 12.5. The Morgan fingerprint density at radius 1 is 1.52 bits per heavy atom. The van der Waals surface area contributed by atoms with Gasteiger partial charge in [0.05, 0.1) is 22.8 Å². The van der Waals surface area contributed by atoms with Gasteiger partial charge in [-0.25, -0.2) is 0 Å². The number of aromatic nitrogens is 3. The fourth-order valence-corrected chi connectivity index (χ4v) is 3.25. The largest absolute Gasteiger partial charge is 0.329 e. The summed E-state index contributed by atoms with van der Waals surface area (Å²) in [4.78, 5) is 16.0. The summed E-state index contributed by atoms with van der Waals surface area (Å²) in [5.74, 6) is 6.69. The van der Waals surface area contributed by atoms with Gasteiger partial charge in [-0.15, -0.1) is 21.5 Å². The molecule has 6 nitrogen and oxygen atoms in total. The Hall–Kier alpha value is -2.17. The lowest BCUT2D eigenvalue weighted by Gasteiger charge is -2.26. The Kier molecular flexibility index (Phi) is 3.73. The smallest absolute Gasteiger partial charge is 0.264 e. The Morgan fingerprint density at radius 2 is 2.38 bits per heavy atom. The number of thiophene rings is 1. The van der Waals surface area contributed by atoms with Crippen molar-refractivity contribution in [1.29, 1.82) is 0 Å². The van der Waals surface area contributed by atoms with Gasteiger partial charge in [0.2, 0.25) is 0 Å². The number of fused-ring (bicyclic) bond motifs is 1. The number of aryl methyl sites for hydroxylation is 1. The van der Waals surface area contributed by atoms with E-state index in [1.165, 1.54) is 11.3 Å². The molecule has 1 amide bonds. The van der Waals surface area contributed by atoms with Gasteiger partial charge >= 0.3 is 0 Å². The Labute approximate surface area is 126 Å². The van der Waals surface area contributed by atoms with Crippen LogP contribution in [0.3, 0.4) is 0 Å². The van der Waals surface area contributed by atoms with Crippen LogP contribution in [0, 0.1) is 18.8 Å². The molecule has 3 heterocycles. The second-order valence-corrected chi connectivity index (χ2v) is 5.85. The lowest BCUT2D eigenvalue weighted by Crippen LogP contribution is -2.37. The van der Waals surface area contributed by atoms with E-state index in [2.05, 4.69) is 22.0 Å². The van der Waals surface area contributed by atoms with Crippen molar-refractivity contribution in [1.82, 2.24) is 19.7 Å². The minimum Gasteiger partial charge on any atom is -0.329 e. The molecular formula is C14H15N5OS. The minimum atomic E-state index is 0.0261. The average Bonchev–Trinajstić information content (AvgIpc) is 3.10. The van der Waals surface area contributed by atoms with Crippen molar-refractivity contribution in [2.45, 2.75) is 20.0 Å². The maximum atomic E-state index is 12.6. The summed E-state index contributed by atoms with van der Waals surface area (Å²) in [7, 11) is 0. The predicted molar refractivity (Wildman–Crippen MR) is 79.8 cm³/mol. The summed E-state index contributed by atoms with van der Waals surface area (Å²) in [6, 6.07) is 1.90. The molecule has 2 aromatic heterocycles. The third-order valence-corrected chi connectivity index (χ3v) is 4.50. The maximum absolute atomic E-state index is 12.6. The number of carbonyl (C=O) groups is 1. The van der Waals surface area contributed by atoms with Crippen LogP contribution in [-0.4, -0.2) is 38.7 Å². The van der Waals surface area contributed by atoms with Crippen molar-refractivity contribution in [2.75, 3.05) is 13.1 Å². The number of rotatable bonds is 1. The highest BCUT2D eigenvalue weighted by Crippen LogP contribution is 2.23. The third-order valence-electron chi connectivity index (χ3n) is 3.36. The molecule has 0 radical (unpaired) electrons. The second kappa shape index (κ2) is 5.68. The van der Waals surface area contributed by atoms with Crippen LogP contribution in [0.4, 0.5) is 0 Å². The third kappa shape index (κ3) is 2.68. The minimum absolute atomic E-state index is 0.0261. The predicted octanol–water partition coefficient (Wildman–Crippen LogP) is 0.614. The molecule has 3 rings (SSSR count). The van der Waals surface area contributed by atoms with Gasteiger partial charge in [0.15, 0.2) is 5.82 Å². The Morgan fingerprint density at radius 3 is 3.19 bits per heavy atom. The van der Waals surface area contributed by atoms with E-state index in [0.717, 1.165) is 22.8 Å². The van der Waals surface area contributed by atoms with E-state index in [0.29, 0.717) is 24.5 Å². The van der Waals surface area contributed by atoms with Crippen LogP contribution in [0.1, 0.15) is 25.9 Å². The number of carbonyl (C=O) groups excluding carboxylic acids is 1. The summed E-state index contributed by atoms with van der Waals surface area (Å²) in [5.41, 5.74) is 6.40. The summed E-state index contributed by atoms with van der Waals surface area (Å²) in [6.45, 7) is 4.19. The first kappa shape index (κ1) is 13.8. The van der Waals surface area contributed by atoms with Crippen molar-refractivity contribution in [3.63, 3.8) is 0 Å². The second-order valence-electron chi connectivity index (χ2n) is 4.80. The molecule has 1 aliphatic heterocycles. The normalized spacial score (nSPS) is 13.5. The molecule has 0 unspecified atom stereocenters. The fourth-order valence-electron chi connectivity index (χ4n) is 2.24. The first-order valence-electron chi connectivity index (χ1n) is 6.64. The molecule has 0 bridgehead atoms. The SMILES string of the molecule is Cc1cc(C(=O)N2CCn3cnnc3C2)sc1C#CCN. The average molecular weight is 301 g/mol. The zero-order chi connectivity index (χ0) is 14.8. The molecule has 108 valence electrons. The molecule has 1 aliphatic rings. The standard InChI is InChI=1S/C14H15N5OS/c1-10-7-12(21-11(10)3-2-4-15)14(20)18-5-6-19-9-16-17-13(19)8-18/h7,9H,4-6,8,15H2,1H3. The van der Waals surface area contributed by atoms with Gasteiger partial charge in [0.25, 0.3) is 5.91 Å². The van der Waals surface area contributed by atoms with Gasteiger partial charge in [-0.05, 0) is 18.6 Å². The number of nitrogens with two attached hydrogens (primary N) is 1. The van der Waals surface area contributed by atoms with E-state index < -0.39 is 0 Å². The summed E-state index contributed by atoms with van der Waals surface area (Å²) in [6.07, 6.45) is 1.70. The van der Waals surface area contributed by atoms with Crippen molar-refractivity contribution < 1.29 is 4.79 Å². The van der Waals surface area contributed by atoms with Gasteiger partial charge in [0, 0.05) is 13.1 Å². The summed E-state index contributed by atoms with van der Waals surface area (Å²) >= 11 is 1.42. The molecule has 0 spiro atoms. The Balaban J connectivity index is 1.80. The molecule has 7 heteroatoms. The highest BCUT2D eigenvalue weighted by atomic mass is 32.1. The summed E-state index contributed by atoms with van der Waals surface area (Å²) in [5, 5.41) is 7.90. The number of hydrogen-bond acceptors (Lipinski definition) is 5. The van der Waals surface area contributed by atoms with Crippen LogP contribution >= 0.6 is 11.3 Å². The van der Waals surface area contributed by atoms with Crippen LogP contribution < -0.4 is 5.73 Å². The molecule has 21 heavy (non-hydrogen) atoms. The maximum Gasteiger partial charge on any atom is 0.264 e. The van der Waals surface area contributed by atoms with Crippen LogP contribution in [0.15, 0.2) is 12.4 Å². The highest BCUT2D eigenvalue weighted by molar-refractivity contribution is 7.14. The molecule has 0 aromatic carbocycles. The molecule has 0 aliphatic carbocycles. The van der Waals surface area contributed by atoms with Gasteiger partial charge in [0.1, 0.15) is 6.33 Å². The number of hydrogen-bond donors (Lipinski definition) is 1. The molecular weight excluding hydrogens is 286 g/mol. The topological polar surface area (TPSA) is 77.0 Å². The molecule has 0 atom stereocenters. The van der Waals surface area contributed by atoms with Gasteiger partial charge < -0.3 is 15.2 Å². The van der Waals surface area contributed by atoms with Crippen LogP contribution in [-0.2, 0) is 13.1 Å². The van der Waals surface area contributed by atoms with E-state index in [1.54, 1.807) is 11.2 Å². The molecule has 0 saturated carbocycles. The summed E-state index contributed by atoms with van der Waals surface area (Å²) < 4.78 is 1.97. The zero-order valence-electron chi connectivity index (χ0n) is 11.7. The van der Waals surface area contributed by atoms with E-state index in [1.807, 2.05) is 17.6 Å². The van der Waals surface area contributed by atoms with Gasteiger partial charge in [-0.1, -0.05) is 11.8 Å². The van der Waals surface area contributed by atoms with Crippen molar-refractivity contribution in [2.24, 2.45) is 5.73 Å². The molecule has 2 N–H and O–H groups in total. The monoisotopic (exact) mass is 301 g/mol. The van der Waals surface area contributed by atoms with Crippen LogP contribution in [0.25, 0.3) is 0 Å². The van der Waals surface area contributed by atoms with Crippen molar-refractivity contribution in [3.8, 4) is 11.8 Å². The van der Waals surface area contributed by atoms with E-state index in [-0.39, 0.29) is 5.91 Å². The van der Waals surface area contributed by atoms with E-state index in [4.69, 9.17) is 5.73 Å². The van der Waals surface area contributed by atoms with Crippen molar-refractivity contribution >= 4 is 17.2 Å². The number of amides is 1. The quantitative estimate of drug-likeness (QED) is 0.783. The number of nitrogens with zero attached hydrogens (tertiary/aromatic N) is 4. The van der Waals surface area contributed by atoms with E-state index in [9.17, 15) is 4.79 Å². The lowest BCUT2D eigenvalue weighted by atomic mass is 10.2. The lowest BCUT2D eigenvalue weighted by molar-refractivity contribution is 0.0712. The van der Waals surface area contributed by atoms with Crippen LogP contribution in [0.5, 0.6) is 0 Å².